The van der Waals surface area contributed by atoms with E-state index in [0.717, 1.165) is 17.0 Å². The number of amides is 1. The average Bonchev–Trinajstić information content (AvgIpc) is 3.52. The highest BCUT2D eigenvalue weighted by Crippen LogP contribution is 2.34. The molecule has 0 fully saturated rings. The minimum absolute atomic E-state index is 0.0174. The number of amidine groups is 1. The molecule has 0 radical (unpaired) electrons. The van der Waals surface area contributed by atoms with Gasteiger partial charge in [0, 0.05) is 10.4 Å². The van der Waals surface area contributed by atoms with Crippen LogP contribution < -0.4 is 5.32 Å². The summed E-state index contributed by atoms with van der Waals surface area (Å²) in [5.41, 5.74) is 0.669. The summed E-state index contributed by atoms with van der Waals surface area (Å²) in [5, 5.41) is 16.4. The fourth-order valence-corrected chi connectivity index (χ4v) is 4.68. The molecule has 13 heteroatoms. The molecule has 184 valence electrons. The fourth-order valence-electron chi connectivity index (χ4n) is 3.70. The van der Waals surface area contributed by atoms with Crippen molar-refractivity contribution in [3.05, 3.63) is 80.9 Å². The second kappa shape index (κ2) is 9.43. The van der Waals surface area contributed by atoms with Gasteiger partial charge in [-0.05, 0) is 60.2 Å². The van der Waals surface area contributed by atoms with Crippen LogP contribution in [0.2, 0.25) is 5.02 Å². The van der Waals surface area contributed by atoms with Crippen LogP contribution in [0.4, 0.5) is 13.2 Å². The number of halogens is 4. The summed E-state index contributed by atoms with van der Waals surface area (Å²) in [7, 11) is 0. The number of aryl methyl sites for hydroxylation is 1. The molecule has 1 aliphatic heterocycles. The topological polar surface area (TPSA) is 101 Å². The average molecular weight is 532 g/mol. The Balaban J connectivity index is 1.32. The number of benzene rings is 2. The first kappa shape index (κ1) is 24.1. The normalized spacial score (nSPS) is 15.2. The number of aliphatic imine (C=N–C) groups is 1. The summed E-state index contributed by atoms with van der Waals surface area (Å²) < 4.78 is 41.9. The number of hydrogen-bond acceptors (Lipinski definition) is 6. The van der Waals surface area contributed by atoms with Crippen LogP contribution >= 0.6 is 23.4 Å². The van der Waals surface area contributed by atoms with Gasteiger partial charge in [0.25, 0.3) is 5.91 Å². The van der Waals surface area contributed by atoms with E-state index in [4.69, 9.17) is 11.6 Å². The second-order valence-electron chi connectivity index (χ2n) is 7.96. The molecule has 3 heterocycles. The SMILES string of the molecule is Cc1nnc(CNC2=NC(=O)C(=Cc3ccc4c(cnn4Cc4ccc(Cl)cc4C(F)(F)F)c3)S2)[nH]1. The molecule has 0 saturated heterocycles. The van der Waals surface area contributed by atoms with E-state index in [2.05, 4.69) is 30.6 Å². The van der Waals surface area contributed by atoms with Crippen molar-refractivity contribution in [2.75, 3.05) is 0 Å². The Kier molecular flexibility index (Phi) is 6.31. The number of alkyl halides is 3. The summed E-state index contributed by atoms with van der Waals surface area (Å²) in [6.07, 6.45) is -1.24. The summed E-state index contributed by atoms with van der Waals surface area (Å²) in [6.45, 7) is 2.07. The molecular weight excluding hydrogens is 515 g/mol. The quantitative estimate of drug-likeness (QED) is 0.354. The van der Waals surface area contributed by atoms with E-state index in [-0.39, 0.29) is 23.0 Å². The smallest absolute Gasteiger partial charge is 0.357 e. The van der Waals surface area contributed by atoms with Gasteiger partial charge >= 0.3 is 6.18 Å². The van der Waals surface area contributed by atoms with Crippen LogP contribution in [0.3, 0.4) is 0 Å². The van der Waals surface area contributed by atoms with E-state index in [0.29, 0.717) is 33.8 Å². The number of carbonyl (C=O) groups is 1. The van der Waals surface area contributed by atoms with Crippen LogP contribution in [-0.4, -0.2) is 36.0 Å². The standard InChI is InChI=1S/C23H17ClF3N7OS/c1-12-30-20(33-32-12)10-28-22-31-21(35)19(36-22)7-13-2-5-18-15(6-13)9-29-34(18)11-14-3-4-16(24)8-17(14)23(25,26)27/h2-9H,10-11H2,1H3,(H,28,31,35)(H,30,32,33). The van der Waals surface area contributed by atoms with E-state index >= 15 is 0 Å². The lowest BCUT2D eigenvalue weighted by molar-refractivity contribution is -0.138. The molecule has 0 aliphatic carbocycles. The maximum Gasteiger partial charge on any atom is 0.416 e. The zero-order chi connectivity index (χ0) is 25.4. The van der Waals surface area contributed by atoms with Crippen LogP contribution in [0.15, 0.2) is 52.5 Å². The Morgan fingerprint density at radius 1 is 1.19 bits per heavy atom. The first-order valence-corrected chi connectivity index (χ1v) is 11.8. The van der Waals surface area contributed by atoms with E-state index in [1.54, 1.807) is 31.3 Å². The maximum absolute atomic E-state index is 13.5. The van der Waals surface area contributed by atoms with Gasteiger partial charge in [-0.2, -0.15) is 23.3 Å². The third-order valence-electron chi connectivity index (χ3n) is 5.33. The van der Waals surface area contributed by atoms with E-state index in [1.165, 1.54) is 28.6 Å². The molecule has 5 rings (SSSR count). The van der Waals surface area contributed by atoms with Crippen molar-refractivity contribution in [2.24, 2.45) is 4.99 Å². The molecule has 2 N–H and O–H groups in total. The molecular formula is C23H17ClF3N7OS. The number of aromatic amines is 1. The number of hydrogen-bond donors (Lipinski definition) is 2. The third kappa shape index (κ3) is 5.14. The Morgan fingerprint density at radius 2 is 2.03 bits per heavy atom. The highest BCUT2D eigenvalue weighted by atomic mass is 35.5. The van der Waals surface area contributed by atoms with Gasteiger partial charge in [0.1, 0.15) is 11.6 Å². The lowest BCUT2D eigenvalue weighted by Gasteiger charge is -2.14. The Morgan fingerprint density at radius 3 is 2.78 bits per heavy atom. The molecule has 0 bridgehead atoms. The first-order chi connectivity index (χ1) is 17.2. The van der Waals surface area contributed by atoms with Gasteiger partial charge in [-0.1, -0.05) is 23.7 Å². The number of aromatic nitrogens is 5. The molecule has 1 amide bonds. The lowest BCUT2D eigenvalue weighted by atomic mass is 10.1. The first-order valence-electron chi connectivity index (χ1n) is 10.6. The van der Waals surface area contributed by atoms with Crippen LogP contribution in [0.1, 0.15) is 28.3 Å². The highest BCUT2D eigenvalue weighted by molar-refractivity contribution is 8.18. The highest BCUT2D eigenvalue weighted by Gasteiger charge is 2.33. The summed E-state index contributed by atoms with van der Waals surface area (Å²) in [6, 6.07) is 9.05. The van der Waals surface area contributed by atoms with Gasteiger partial charge in [-0.15, -0.1) is 10.2 Å². The summed E-state index contributed by atoms with van der Waals surface area (Å²) in [4.78, 5) is 19.8. The van der Waals surface area contributed by atoms with Gasteiger partial charge in [0.2, 0.25) is 0 Å². The molecule has 36 heavy (non-hydrogen) atoms. The molecule has 2 aromatic carbocycles. The molecule has 4 aromatic rings. The minimum atomic E-state index is -4.53. The third-order valence-corrected chi connectivity index (χ3v) is 6.51. The number of nitrogens with zero attached hydrogens (tertiary/aromatic N) is 5. The summed E-state index contributed by atoms with van der Waals surface area (Å²) >= 11 is 6.99. The van der Waals surface area contributed by atoms with Crippen molar-refractivity contribution in [3.8, 4) is 0 Å². The number of H-pyrrole nitrogens is 1. The number of fused-ring (bicyclic) bond motifs is 1. The fraction of sp³-hybridized carbons (Fsp3) is 0.174. The second-order valence-corrected chi connectivity index (χ2v) is 9.43. The zero-order valence-corrected chi connectivity index (χ0v) is 20.2. The number of nitrogens with one attached hydrogen (secondary N) is 2. The number of rotatable bonds is 5. The van der Waals surface area contributed by atoms with Crippen molar-refractivity contribution in [2.45, 2.75) is 26.2 Å². The van der Waals surface area contributed by atoms with Gasteiger partial charge in [0.05, 0.1) is 35.3 Å². The van der Waals surface area contributed by atoms with E-state index in [1.807, 2.05) is 6.07 Å². The molecule has 0 spiro atoms. The Labute approximate surface area is 211 Å². The van der Waals surface area contributed by atoms with Crippen LogP contribution in [0.25, 0.3) is 17.0 Å². The monoisotopic (exact) mass is 531 g/mol. The molecule has 2 aromatic heterocycles. The predicted octanol–water partition coefficient (Wildman–Crippen LogP) is 4.94. The molecule has 0 saturated carbocycles. The van der Waals surface area contributed by atoms with Crippen LogP contribution in [0.5, 0.6) is 0 Å². The van der Waals surface area contributed by atoms with Gasteiger partial charge in [0.15, 0.2) is 5.17 Å². The van der Waals surface area contributed by atoms with Gasteiger partial charge in [-0.25, -0.2) is 0 Å². The maximum atomic E-state index is 13.5. The molecule has 0 atom stereocenters. The van der Waals surface area contributed by atoms with E-state index in [9.17, 15) is 18.0 Å². The zero-order valence-electron chi connectivity index (χ0n) is 18.6. The largest absolute Gasteiger partial charge is 0.416 e. The van der Waals surface area contributed by atoms with Gasteiger partial charge < -0.3 is 10.3 Å². The summed E-state index contributed by atoms with van der Waals surface area (Å²) in [5.74, 6) is 0.954. The Bertz CT molecular complexity index is 1540. The number of thioether (sulfide) groups is 1. The van der Waals surface area contributed by atoms with Gasteiger partial charge in [-0.3, -0.25) is 9.48 Å². The Hall–Kier alpha value is -3.64. The molecule has 0 unspecified atom stereocenters. The molecule has 1 aliphatic rings. The lowest BCUT2D eigenvalue weighted by Crippen LogP contribution is -2.19. The predicted molar refractivity (Wildman–Crippen MR) is 131 cm³/mol. The van der Waals surface area contributed by atoms with Crippen LogP contribution in [-0.2, 0) is 24.1 Å². The van der Waals surface area contributed by atoms with Crippen molar-refractivity contribution < 1.29 is 18.0 Å². The minimum Gasteiger partial charge on any atom is -0.357 e. The number of carbonyl (C=O) groups excluding carboxylic acids is 1. The van der Waals surface area contributed by atoms with Crippen molar-refractivity contribution >= 4 is 51.4 Å². The molecule has 8 nitrogen and oxygen atoms in total. The van der Waals surface area contributed by atoms with Crippen molar-refractivity contribution in [3.63, 3.8) is 0 Å². The van der Waals surface area contributed by atoms with Crippen molar-refractivity contribution in [1.82, 2.24) is 30.3 Å². The van der Waals surface area contributed by atoms with E-state index < -0.39 is 11.7 Å². The van der Waals surface area contributed by atoms with Crippen LogP contribution in [0, 0.1) is 6.92 Å². The van der Waals surface area contributed by atoms with Crippen molar-refractivity contribution in [1.29, 1.82) is 0 Å².